The van der Waals surface area contributed by atoms with E-state index in [1.807, 2.05) is 124 Å². The van der Waals surface area contributed by atoms with Crippen LogP contribution >= 0.6 is 47.8 Å². The zero-order valence-electron chi connectivity index (χ0n) is 82.1. The molecule has 1 N–H and O–H groups in total. The van der Waals surface area contributed by atoms with Gasteiger partial charge in [0, 0.05) is 109 Å². The first-order chi connectivity index (χ1) is 69.4. The van der Waals surface area contributed by atoms with E-state index in [2.05, 4.69) is 82.2 Å². The van der Waals surface area contributed by atoms with E-state index >= 15 is 0 Å². The lowest BCUT2D eigenvalue weighted by molar-refractivity contribution is -0.0213. The first-order valence-electron chi connectivity index (χ1n) is 45.2. The topological polar surface area (TPSA) is 349 Å². The van der Waals surface area contributed by atoms with Crippen LogP contribution in [0.3, 0.4) is 0 Å². The van der Waals surface area contributed by atoms with Gasteiger partial charge in [-0.25, -0.2) is 32.1 Å². The van der Waals surface area contributed by atoms with Gasteiger partial charge in [0.25, 0.3) is 0 Å². The second-order valence-electron chi connectivity index (χ2n) is 33.8. The molecule has 0 aliphatic carbocycles. The van der Waals surface area contributed by atoms with Gasteiger partial charge in [0.15, 0.2) is 37.0 Å². The Morgan fingerprint density at radius 1 is 0.366 bits per heavy atom. The van der Waals surface area contributed by atoms with E-state index in [9.17, 15) is 17.6 Å². The summed E-state index contributed by atoms with van der Waals surface area (Å²) in [7, 11) is -2.35. The van der Waals surface area contributed by atoms with Gasteiger partial charge in [-0.2, -0.15) is 0 Å². The molecule has 14 rings (SSSR count). The number of hydrogen-bond acceptors (Lipinski definition) is 27. The van der Waals surface area contributed by atoms with Crippen molar-refractivity contribution in [2.45, 2.75) is 165 Å². The van der Waals surface area contributed by atoms with Crippen LogP contribution in [0.4, 0.5) is 57.4 Å². The lowest BCUT2D eigenvalue weighted by atomic mass is 9.90. The molecule has 4 fully saturated rings. The fourth-order valence-corrected chi connectivity index (χ4v) is 13.3. The summed E-state index contributed by atoms with van der Waals surface area (Å²) in [5, 5.41) is 44.3. The molecule has 4 heterocycles. The van der Waals surface area contributed by atoms with Crippen molar-refractivity contribution in [2.24, 2.45) is 5.41 Å². The van der Waals surface area contributed by atoms with Crippen LogP contribution in [-0.2, 0) is 135 Å². The first-order valence-corrected chi connectivity index (χ1v) is 47.6. The van der Waals surface area contributed by atoms with Gasteiger partial charge >= 0.3 is 73.8 Å². The molecule has 10 aromatic carbocycles. The van der Waals surface area contributed by atoms with Crippen molar-refractivity contribution < 1.29 is 125 Å². The standard InChI is InChI=1S/C20H23BBrNO4.C16H15BBrNO4.C15H13BBrNO3.C13H17BFN2O3.C12H15BFN2O3.C11H13BFN2O3.C10H11BFN2O3/c1-14(2)26-21(27-15(3)4)24-13-16-12-19(10-11-20(16)22)25-18-8-6-17(23-5)7-9-18;1-19-13-4-6-14(7-5-13)23-15-8-9-16(18)12(10-15)11-22-17(20-2)21-3;1-16(19)20-10-11-9-14(7-8-15(11)17)21-13-5-3-12(18-2)4-6-13;1-12(2)13(3,4)20-14(19-12)18-8-9-7-10(15)5-6-11(9)17-16;1-12(2)7-18-13(19-8-12)17-6-9-5-10(14)3-4-11(9)16-15;13-10-3-4-11(15-14)9(7-10)8-18-12-16-5-1-2-6-17-12;12-9-2-3-10(14-13)8(6-9)7-17-11-15-4-1-5-16-11/h6-12,14-15H,13H2,1-4H3;4-10H,11H2,2-3H3;3-9,19H,10H2,1H3;5-7H,8H2,1-4H3;3-5H,6-8H2,1-2H3;3-4,7H,1-2,5-6,8H2;2-3,6H,1,4-5,7H2/q;;;4*+1. The normalized spacial score (nSPS) is 14.0. The zero-order chi connectivity index (χ0) is 105. The highest BCUT2D eigenvalue weighted by molar-refractivity contribution is 9.11. The fourth-order valence-electron chi connectivity index (χ4n) is 12.3. The number of benzene rings is 10. The summed E-state index contributed by atoms with van der Waals surface area (Å²) in [6.07, 6.45) is 2.67. The Hall–Kier alpha value is -11.4. The second kappa shape index (κ2) is 61.9. The molecule has 48 heteroatoms. The second-order valence-corrected chi connectivity index (χ2v) is 36.4. The van der Waals surface area contributed by atoms with E-state index in [0.717, 1.165) is 49.4 Å². The van der Waals surface area contributed by atoms with Crippen LogP contribution in [-0.4, -0.2) is 133 Å². The van der Waals surface area contributed by atoms with E-state index in [1.165, 1.54) is 87.0 Å². The Balaban J connectivity index is 0.000000207. The summed E-state index contributed by atoms with van der Waals surface area (Å²) in [5.41, 5.74) is 6.16. The summed E-state index contributed by atoms with van der Waals surface area (Å²) in [6.45, 7) is 46.3. The molecule has 0 radical (unpaired) electrons. The molecule has 0 amide bonds. The largest absolute Gasteiger partial charge is 0.640 e. The Labute approximate surface area is 868 Å². The minimum atomic E-state index is -0.838. The maximum Gasteiger partial charge on any atom is 0.640 e. The smallest absolute Gasteiger partial charge is 0.457 e. The van der Waals surface area contributed by atoms with Crippen molar-refractivity contribution in [1.82, 2.24) is 0 Å². The first kappa shape index (κ1) is 119. The number of ether oxygens (including phenoxy) is 3. The molecule has 0 unspecified atom stereocenters. The molecule has 754 valence electrons. The monoisotopic (exact) mass is 2180 g/mol. The van der Waals surface area contributed by atoms with E-state index in [4.69, 9.17) is 149 Å². The minimum Gasteiger partial charge on any atom is -0.457 e. The van der Waals surface area contributed by atoms with Crippen LogP contribution in [0.5, 0.6) is 34.5 Å². The molecule has 4 aliphatic rings. The van der Waals surface area contributed by atoms with Gasteiger partial charge in [-0.3, -0.25) is 0 Å². The zero-order valence-corrected chi connectivity index (χ0v) is 86.8. The maximum atomic E-state index is 13.2. The molecule has 4 saturated heterocycles. The average molecular weight is 2190 g/mol. The molecule has 4 aliphatic heterocycles. The van der Waals surface area contributed by atoms with Crippen molar-refractivity contribution in [2.75, 3.05) is 53.9 Å². The highest BCUT2D eigenvalue weighted by Crippen LogP contribution is 2.39. The van der Waals surface area contributed by atoms with Crippen LogP contribution in [0.2, 0.25) is 6.82 Å². The third-order valence-corrected chi connectivity index (χ3v) is 22.8. The molecule has 34 nitrogen and oxygen atoms in total. The predicted molar refractivity (Wildman–Crippen MR) is 547 cm³/mol. The number of diazo groups is 4. The molecule has 0 bridgehead atoms. The molecule has 145 heavy (non-hydrogen) atoms. The third-order valence-electron chi connectivity index (χ3n) is 20.4. The molecular weight excluding hydrogens is 2080 g/mol. The van der Waals surface area contributed by atoms with E-state index in [0.29, 0.717) is 127 Å². The van der Waals surface area contributed by atoms with Gasteiger partial charge in [-0.15, -0.1) is 0 Å². The Morgan fingerprint density at radius 2 is 0.641 bits per heavy atom. The van der Waals surface area contributed by atoms with E-state index in [-0.39, 0.29) is 73.4 Å². The predicted octanol–water partition coefficient (Wildman–Crippen LogP) is 26.3. The molecule has 10 aromatic rings. The van der Waals surface area contributed by atoms with E-state index < -0.39 is 85.5 Å². The van der Waals surface area contributed by atoms with E-state index in [1.54, 1.807) is 79.6 Å². The van der Waals surface area contributed by atoms with Crippen LogP contribution in [0.15, 0.2) is 214 Å². The maximum absolute atomic E-state index is 13.2. The van der Waals surface area contributed by atoms with Gasteiger partial charge in [-0.05, 0) is 238 Å². The summed E-state index contributed by atoms with van der Waals surface area (Å²) < 4.78 is 175. The molecule has 0 atom stereocenters. The number of nitrogens with zero attached hydrogens (tertiary/aromatic N) is 11. The molecule has 0 aromatic heterocycles. The number of rotatable bonds is 33. The van der Waals surface area contributed by atoms with Crippen LogP contribution in [0, 0.1) is 70.0 Å². The molecule has 0 saturated carbocycles. The quantitative estimate of drug-likeness (QED) is 0.0173. The third kappa shape index (κ3) is 42.5. The van der Waals surface area contributed by atoms with Crippen molar-refractivity contribution in [3.63, 3.8) is 0 Å². The Bertz CT molecular complexity index is 6050. The van der Waals surface area contributed by atoms with Crippen molar-refractivity contribution in [3.05, 3.63) is 330 Å². The van der Waals surface area contributed by atoms with Crippen LogP contribution < -0.4 is 14.2 Å². The van der Waals surface area contributed by atoms with Crippen molar-refractivity contribution in [3.8, 4) is 34.5 Å². The average Bonchev–Trinajstić information content (AvgIpc) is 1.63. The fraction of sp³-hybridized carbons (Fsp3) is 0.351. The van der Waals surface area contributed by atoms with Gasteiger partial charge in [-0.1, -0.05) is 98.0 Å². The van der Waals surface area contributed by atoms with Gasteiger partial charge in [0.1, 0.15) is 57.8 Å². The highest BCUT2D eigenvalue weighted by Gasteiger charge is 2.53. The van der Waals surface area contributed by atoms with Gasteiger partial charge in [0.05, 0.1) is 99.4 Å². The van der Waals surface area contributed by atoms with Gasteiger partial charge < -0.3 is 108 Å². The lowest BCUT2D eigenvalue weighted by Crippen LogP contribution is -2.42. The number of hydrogen-bond donors (Lipinski definition) is 1. The molecule has 0 spiro atoms. The van der Waals surface area contributed by atoms with Crippen LogP contribution in [0.25, 0.3) is 34.4 Å². The Kier molecular flexibility index (Phi) is 50.7. The summed E-state index contributed by atoms with van der Waals surface area (Å²) in [6, 6.07) is 53.0. The van der Waals surface area contributed by atoms with Crippen LogP contribution in [0.1, 0.15) is 127 Å². The summed E-state index contributed by atoms with van der Waals surface area (Å²) >= 11 is 10.4. The Morgan fingerprint density at radius 3 is 0.924 bits per heavy atom. The summed E-state index contributed by atoms with van der Waals surface area (Å²) in [4.78, 5) is 22.3. The summed E-state index contributed by atoms with van der Waals surface area (Å²) in [5.74, 6) is 2.34. The minimum absolute atomic E-state index is 0.00899. The SMILES string of the molecule is CC1(C)COB(OCc2cc(F)ccc2[N+]#N)OC1.CC1(C)OB(OCc2cc(F)ccc2[N+]#N)OC1(C)C.N#[N+]c1ccc(F)cc1COB1OCCCCO1.N#[N+]c1ccc(F)cc1COB1OCCCO1.[C-]#[N+]c1ccc(Oc2ccc(Br)c(COB(C)O)c2)cc1.[C-]#[N+]c1ccc(Oc2ccc(Br)c(COB(OC(C)C)OC(C)C)c2)cc1.[C-]#[N+]c1ccc(Oc2ccc(Br)c(COB(OC)OC)c2)cc1. The highest BCUT2D eigenvalue weighted by atomic mass is 79.9. The van der Waals surface area contributed by atoms with Crippen molar-refractivity contribution >= 4 is 139 Å². The van der Waals surface area contributed by atoms with Gasteiger partial charge in [0.2, 0.25) is 21.6 Å². The molecular formula is C97H107B7Br3F4N11O23+4. The number of halogens is 7. The van der Waals surface area contributed by atoms with Crippen molar-refractivity contribution in [1.29, 1.82) is 21.6 Å². The lowest BCUT2D eigenvalue weighted by Gasteiger charge is -2.31.